The zero-order valence-electron chi connectivity index (χ0n) is 14.3. The van der Waals surface area contributed by atoms with E-state index >= 15 is 0 Å². The summed E-state index contributed by atoms with van der Waals surface area (Å²) in [5.74, 6) is -1.21. The fraction of sp³-hybridized carbons (Fsp3) is 0.765. The van der Waals surface area contributed by atoms with Crippen LogP contribution in [0.5, 0.6) is 0 Å². The first-order chi connectivity index (χ1) is 11.2. The molecule has 0 saturated carbocycles. The number of aliphatic hydroxyl groups excluding tert-OH is 1. The number of rotatable bonds is 6. The van der Waals surface area contributed by atoms with Crippen molar-refractivity contribution < 1.29 is 18.3 Å². The molecule has 1 saturated heterocycles. The Bertz CT molecular complexity index is 478. The molecule has 1 aliphatic heterocycles. The highest BCUT2D eigenvalue weighted by atomic mass is 19.4. The van der Waals surface area contributed by atoms with Gasteiger partial charge in [-0.3, -0.25) is 10.2 Å². The van der Waals surface area contributed by atoms with E-state index in [1.807, 2.05) is 6.08 Å². The number of likely N-dealkylation sites (N-methyl/N-ethyl adjacent to an activating group) is 1. The Labute approximate surface area is 141 Å². The summed E-state index contributed by atoms with van der Waals surface area (Å²) in [5, 5.41) is 12.1. The number of allylic oxidation sites excluding steroid dienone is 2. The van der Waals surface area contributed by atoms with E-state index in [2.05, 4.69) is 17.5 Å². The molecule has 4 N–H and O–H groups in total. The van der Waals surface area contributed by atoms with E-state index in [4.69, 9.17) is 10.8 Å². The van der Waals surface area contributed by atoms with Gasteiger partial charge in [-0.2, -0.15) is 13.2 Å². The summed E-state index contributed by atoms with van der Waals surface area (Å²) >= 11 is 0. The highest BCUT2D eigenvalue weighted by Gasteiger charge is 2.46. The maximum atomic E-state index is 13.0. The number of nitrogens with two attached hydrogens (primary N) is 1. The van der Waals surface area contributed by atoms with E-state index in [1.165, 1.54) is 6.92 Å². The lowest BCUT2D eigenvalue weighted by molar-refractivity contribution is -0.184. The van der Waals surface area contributed by atoms with Crippen LogP contribution in [0.15, 0.2) is 23.8 Å². The number of hydrogen-bond donors (Lipinski definition) is 3. The number of nitrogens with zero attached hydrogens (tertiary/aromatic N) is 1. The zero-order valence-corrected chi connectivity index (χ0v) is 14.3. The Morgan fingerprint density at radius 2 is 2.17 bits per heavy atom. The van der Waals surface area contributed by atoms with Gasteiger partial charge in [0.15, 0.2) is 0 Å². The number of aliphatic hydroxyl groups is 1. The van der Waals surface area contributed by atoms with Crippen molar-refractivity contribution in [3.63, 3.8) is 0 Å². The Balaban J connectivity index is 1.89. The SMILES string of the molecule is CC(C1NC(C2C=CC(C[C@H](N)CCO)=CC2)CN1C)C(F)(F)F. The van der Waals surface area contributed by atoms with Crippen molar-refractivity contribution in [1.82, 2.24) is 10.2 Å². The first-order valence-corrected chi connectivity index (χ1v) is 8.49. The summed E-state index contributed by atoms with van der Waals surface area (Å²) in [7, 11) is 1.74. The van der Waals surface area contributed by atoms with Crippen LogP contribution in [-0.4, -0.2) is 54.6 Å². The van der Waals surface area contributed by atoms with Gasteiger partial charge < -0.3 is 10.8 Å². The third-order valence-electron chi connectivity index (χ3n) is 5.06. The van der Waals surface area contributed by atoms with E-state index in [-0.39, 0.29) is 24.6 Å². The number of alkyl halides is 3. The molecule has 0 spiro atoms. The molecule has 4 nitrogen and oxygen atoms in total. The standard InChI is InChI=1S/C17H28F3N3O/c1-11(17(18,19)20)16-22-15(10-23(16)2)13-5-3-12(4-6-13)9-14(21)7-8-24/h3-5,11,13-16,22,24H,6-10,21H2,1-2H3/t11?,13?,14-,15?,16?/m1/s1. The van der Waals surface area contributed by atoms with E-state index in [1.54, 1.807) is 11.9 Å². The topological polar surface area (TPSA) is 61.5 Å². The van der Waals surface area contributed by atoms with Crippen LogP contribution in [-0.2, 0) is 0 Å². The van der Waals surface area contributed by atoms with E-state index in [0.717, 1.165) is 18.4 Å². The van der Waals surface area contributed by atoms with Gasteiger partial charge in [0.05, 0.1) is 12.1 Å². The lowest BCUT2D eigenvalue weighted by atomic mass is 9.88. The molecule has 7 heteroatoms. The molecule has 4 unspecified atom stereocenters. The maximum Gasteiger partial charge on any atom is 0.394 e. The first kappa shape index (κ1) is 19.4. The molecule has 1 aliphatic carbocycles. The van der Waals surface area contributed by atoms with Gasteiger partial charge in [0.1, 0.15) is 0 Å². The van der Waals surface area contributed by atoms with Crippen molar-refractivity contribution in [2.75, 3.05) is 20.2 Å². The molecule has 2 aliphatic rings. The van der Waals surface area contributed by atoms with Gasteiger partial charge >= 0.3 is 6.18 Å². The molecule has 0 aromatic rings. The summed E-state index contributed by atoms with van der Waals surface area (Å²) in [5.41, 5.74) is 7.06. The molecule has 0 amide bonds. The average Bonchev–Trinajstić information content (AvgIpc) is 2.88. The Morgan fingerprint density at radius 3 is 2.71 bits per heavy atom. The minimum absolute atomic E-state index is 0.0185. The van der Waals surface area contributed by atoms with Crippen LogP contribution < -0.4 is 11.1 Å². The predicted molar refractivity (Wildman–Crippen MR) is 88.2 cm³/mol. The van der Waals surface area contributed by atoms with Gasteiger partial charge in [-0.05, 0) is 32.2 Å². The van der Waals surface area contributed by atoms with Crippen LogP contribution in [0.4, 0.5) is 13.2 Å². The molecule has 0 aromatic heterocycles. The van der Waals surface area contributed by atoms with Crippen LogP contribution in [0.25, 0.3) is 0 Å². The monoisotopic (exact) mass is 347 g/mol. The van der Waals surface area contributed by atoms with Crippen molar-refractivity contribution in [2.24, 2.45) is 17.6 Å². The molecular weight excluding hydrogens is 319 g/mol. The molecule has 24 heavy (non-hydrogen) atoms. The summed E-state index contributed by atoms with van der Waals surface area (Å²) < 4.78 is 38.9. The predicted octanol–water partition coefficient (Wildman–Crippen LogP) is 2.02. The molecule has 0 bridgehead atoms. The zero-order chi connectivity index (χ0) is 17.9. The fourth-order valence-corrected chi connectivity index (χ4v) is 3.49. The molecule has 0 radical (unpaired) electrons. The Hall–Kier alpha value is -0.890. The molecule has 2 rings (SSSR count). The fourth-order valence-electron chi connectivity index (χ4n) is 3.49. The van der Waals surface area contributed by atoms with E-state index in [9.17, 15) is 13.2 Å². The van der Waals surface area contributed by atoms with Crippen LogP contribution in [0.2, 0.25) is 0 Å². The second-order valence-corrected chi connectivity index (χ2v) is 7.00. The van der Waals surface area contributed by atoms with Crippen molar-refractivity contribution in [2.45, 2.75) is 50.6 Å². The number of nitrogens with one attached hydrogen (secondary N) is 1. The molecule has 1 heterocycles. The summed E-state index contributed by atoms with van der Waals surface area (Å²) in [4.78, 5) is 1.76. The van der Waals surface area contributed by atoms with Crippen molar-refractivity contribution in [3.05, 3.63) is 23.8 Å². The smallest absolute Gasteiger partial charge is 0.394 e. The average molecular weight is 347 g/mol. The molecule has 5 atom stereocenters. The van der Waals surface area contributed by atoms with E-state index < -0.39 is 18.3 Å². The second-order valence-electron chi connectivity index (χ2n) is 7.00. The lowest BCUT2D eigenvalue weighted by Crippen LogP contribution is -2.46. The van der Waals surface area contributed by atoms with Crippen molar-refractivity contribution in [3.8, 4) is 0 Å². The van der Waals surface area contributed by atoms with Crippen LogP contribution in [0.3, 0.4) is 0 Å². The Kier molecular flexibility index (Phi) is 6.47. The normalized spacial score (nSPS) is 31.1. The van der Waals surface area contributed by atoms with Crippen LogP contribution >= 0.6 is 0 Å². The van der Waals surface area contributed by atoms with Gasteiger partial charge in [-0.15, -0.1) is 0 Å². The third kappa shape index (κ3) is 4.81. The highest BCUT2D eigenvalue weighted by molar-refractivity contribution is 5.25. The molecule has 138 valence electrons. The van der Waals surface area contributed by atoms with Gasteiger partial charge in [0, 0.05) is 25.2 Å². The van der Waals surface area contributed by atoms with E-state index in [0.29, 0.717) is 13.0 Å². The first-order valence-electron chi connectivity index (χ1n) is 8.49. The molecular formula is C17H28F3N3O. The van der Waals surface area contributed by atoms with Gasteiger partial charge in [-0.1, -0.05) is 30.7 Å². The van der Waals surface area contributed by atoms with Crippen LogP contribution in [0, 0.1) is 11.8 Å². The second kappa shape index (κ2) is 7.99. The number of halogens is 3. The minimum atomic E-state index is -4.20. The van der Waals surface area contributed by atoms with Crippen molar-refractivity contribution >= 4 is 0 Å². The number of hydrogen-bond acceptors (Lipinski definition) is 4. The summed E-state index contributed by atoms with van der Waals surface area (Å²) in [6.45, 7) is 1.92. The summed E-state index contributed by atoms with van der Waals surface area (Å²) in [6.07, 6.45) is 3.43. The molecule has 1 fully saturated rings. The molecule has 0 aromatic carbocycles. The minimum Gasteiger partial charge on any atom is -0.396 e. The van der Waals surface area contributed by atoms with Gasteiger partial charge in [0.25, 0.3) is 0 Å². The summed E-state index contributed by atoms with van der Waals surface area (Å²) in [6, 6.07) is -0.0415. The quantitative estimate of drug-likeness (QED) is 0.688. The largest absolute Gasteiger partial charge is 0.396 e. The van der Waals surface area contributed by atoms with Crippen LogP contribution in [0.1, 0.15) is 26.2 Å². The highest BCUT2D eigenvalue weighted by Crippen LogP contribution is 2.33. The van der Waals surface area contributed by atoms with Gasteiger partial charge in [-0.25, -0.2) is 0 Å². The van der Waals surface area contributed by atoms with Crippen molar-refractivity contribution in [1.29, 1.82) is 0 Å². The lowest BCUT2D eigenvalue weighted by Gasteiger charge is -2.28. The van der Waals surface area contributed by atoms with Gasteiger partial charge in [0.2, 0.25) is 0 Å². The Morgan fingerprint density at radius 1 is 1.46 bits per heavy atom. The maximum absolute atomic E-state index is 13.0. The third-order valence-corrected chi connectivity index (χ3v) is 5.06.